The summed E-state index contributed by atoms with van der Waals surface area (Å²) in [6.07, 6.45) is 0. The number of fused-ring (bicyclic) bond motifs is 3. The van der Waals surface area contributed by atoms with Gasteiger partial charge >= 0.3 is 0 Å². The van der Waals surface area contributed by atoms with Crippen LogP contribution in [0.5, 0.6) is 11.5 Å². The first-order valence-corrected chi connectivity index (χ1v) is 10.7. The minimum Gasteiger partial charge on any atom is -0.491 e. The molecule has 0 atom stereocenters. The van der Waals surface area contributed by atoms with Gasteiger partial charge in [-0.05, 0) is 46.5 Å². The van der Waals surface area contributed by atoms with Crippen LogP contribution in [0, 0.1) is 0 Å². The molecule has 0 aromatic heterocycles. The molecule has 4 aliphatic rings. The maximum absolute atomic E-state index is 5.75. The second-order valence-electron chi connectivity index (χ2n) is 7.16. The smallest absolute Gasteiger partial charge is 0.119 e. The predicted octanol–water partition coefficient (Wildman–Crippen LogP) is 4.84. The quantitative estimate of drug-likeness (QED) is 0.521. The first kappa shape index (κ1) is 21.4. The standard InChI is InChI=1S/C26H28O5/c1-2-22-4-3-21(1)23-5-9-25(10-6-23)30-19-17-28-15-13-27-14-16-29-18-20-31-26-11-7-24(22)8-12-26/h1-12H,13-20H2. The lowest BCUT2D eigenvalue weighted by molar-refractivity contribution is 0.00499. The van der Waals surface area contributed by atoms with Crippen molar-refractivity contribution in [2.45, 2.75) is 0 Å². The van der Waals surface area contributed by atoms with E-state index in [1.807, 2.05) is 24.3 Å². The average Bonchev–Trinajstić information content (AvgIpc) is 2.82. The molecule has 3 aromatic carbocycles. The van der Waals surface area contributed by atoms with Crippen molar-refractivity contribution in [1.82, 2.24) is 0 Å². The summed E-state index contributed by atoms with van der Waals surface area (Å²) in [7, 11) is 0. The first-order valence-electron chi connectivity index (χ1n) is 10.7. The molecule has 0 amide bonds. The van der Waals surface area contributed by atoms with E-state index >= 15 is 0 Å². The summed E-state index contributed by atoms with van der Waals surface area (Å²) in [6.45, 7) is 4.24. The Hall–Kier alpha value is -2.86. The third-order valence-corrected chi connectivity index (χ3v) is 5.00. The van der Waals surface area contributed by atoms with E-state index in [1.165, 1.54) is 11.1 Å². The Morgan fingerprint density at radius 1 is 0.323 bits per heavy atom. The maximum atomic E-state index is 5.75. The maximum Gasteiger partial charge on any atom is 0.119 e. The second-order valence-corrected chi connectivity index (χ2v) is 7.16. The molecule has 0 unspecified atom stereocenters. The van der Waals surface area contributed by atoms with Gasteiger partial charge in [0.1, 0.15) is 24.7 Å². The molecule has 0 fully saturated rings. The van der Waals surface area contributed by atoms with Crippen LogP contribution in [0.2, 0.25) is 0 Å². The largest absolute Gasteiger partial charge is 0.491 e. The number of hydrogen-bond acceptors (Lipinski definition) is 5. The van der Waals surface area contributed by atoms with Crippen LogP contribution in [0.25, 0.3) is 22.3 Å². The zero-order valence-electron chi connectivity index (χ0n) is 17.6. The highest BCUT2D eigenvalue weighted by molar-refractivity contribution is 5.71. The number of rotatable bonds is 0. The molecular weight excluding hydrogens is 392 g/mol. The third kappa shape index (κ3) is 6.56. The molecule has 6 bridgehead atoms. The predicted molar refractivity (Wildman–Crippen MR) is 121 cm³/mol. The molecule has 3 aromatic rings. The second kappa shape index (κ2) is 11.5. The fourth-order valence-corrected chi connectivity index (χ4v) is 3.32. The molecule has 0 N–H and O–H groups in total. The fraction of sp³-hybridized carbons (Fsp3) is 0.308. The van der Waals surface area contributed by atoms with Crippen molar-refractivity contribution in [2.24, 2.45) is 0 Å². The highest BCUT2D eigenvalue weighted by atomic mass is 16.6. The van der Waals surface area contributed by atoms with Gasteiger partial charge < -0.3 is 23.7 Å². The summed E-state index contributed by atoms with van der Waals surface area (Å²) < 4.78 is 28.1. The van der Waals surface area contributed by atoms with Crippen molar-refractivity contribution in [1.29, 1.82) is 0 Å². The van der Waals surface area contributed by atoms with Crippen molar-refractivity contribution in [3.63, 3.8) is 0 Å². The van der Waals surface area contributed by atoms with E-state index in [4.69, 9.17) is 23.7 Å². The van der Waals surface area contributed by atoms with Gasteiger partial charge in [0, 0.05) is 0 Å². The van der Waals surface area contributed by atoms with E-state index in [0.29, 0.717) is 52.9 Å². The average molecular weight is 421 g/mol. The Morgan fingerprint density at radius 2 is 0.581 bits per heavy atom. The molecule has 162 valence electrons. The van der Waals surface area contributed by atoms with Crippen molar-refractivity contribution in [3.05, 3.63) is 72.8 Å². The lowest BCUT2D eigenvalue weighted by Crippen LogP contribution is -2.14. The highest BCUT2D eigenvalue weighted by Gasteiger charge is 2.03. The van der Waals surface area contributed by atoms with Gasteiger partial charge in [0.25, 0.3) is 0 Å². The van der Waals surface area contributed by atoms with Crippen molar-refractivity contribution in [2.75, 3.05) is 52.9 Å². The van der Waals surface area contributed by atoms with Gasteiger partial charge in [-0.3, -0.25) is 0 Å². The van der Waals surface area contributed by atoms with E-state index in [0.717, 1.165) is 22.6 Å². The van der Waals surface area contributed by atoms with E-state index in [-0.39, 0.29) is 0 Å². The minimum absolute atomic E-state index is 0.510. The summed E-state index contributed by atoms with van der Waals surface area (Å²) in [4.78, 5) is 0. The highest BCUT2D eigenvalue weighted by Crippen LogP contribution is 2.27. The van der Waals surface area contributed by atoms with Crippen LogP contribution in [-0.4, -0.2) is 52.9 Å². The fourth-order valence-electron chi connectivity index (χ4n) is 3.32. The summed E-state index contributed by atoms with van der Waals surface area (Å²) in [6, 6.07) is 24.9. The van der Waals surface area contributed by atoms with Gasteiger partial charge in [0.15, 0.2) is 0 Å². The molecule has 31 heavy (non-hydrogen) atoms. The normalized spacial score (nSPS) is 16.1. The molecule has 0 aliphatic carbocycles. The Labute approximate surface area is 183 Å². The Balaban J connectivity index is 1.44. The lowest BCUT2D eigenvalue weighted by Gasteiger charge is -2.09. The molecule has 5 heteroatoms. The summed E-state index contributed by atoms with van der Waals surface area (Å²) in [5, 5.41) is 0. The number of hydrogen-bond donors (Lipinski definition) is 0. The third-order valence-electron chi connectivity index (χ3n) is 5.00. The molecule has 5 nitrogen and oxygen atoms in total. The van der Waals surface area contributed by atoms with Crippen LogP contribution in [-0.2, 0) is 14.2 Å². The molecule has 0 saturated carbocycles. The van der Waals surface area contributed by atoms with Gasteiger partial charge in [-0.15, -0.1) is 0 Å². The zero-order valence-corrected chi connectivity index (χ0v) is 17.6. The summed E-state index contributed by atoms with van der Waals surface area (Å²) >= 11 is 0. The van der Waals surface area contributed by atoms with Crippen molar-refractivity contribution >= 4 is 0 Å². The van der Waals surface area contributed by atoms with Crippen LogP contribution in [0.4, 0.5) is 0 Å². The lowest BCUT2D eigenvalue weighted by atomic mass is 10.0. The van der Waals surface area contributed by atoms with Crippen LogP contribution in [0.1, 0.15) is 0 Å². The van der Waals surface area contributed by atoms with E-state index in [2.05, 4.69) is 48.5 Å². The van der Waals surface area contributed by atoms with Crippen molar-refractivity contribution < 1.29 is 23.7 Å². The van der Waals surface area contributed by atoms with E-state index in [9.17, 15) is 0 Å². The molecule has 4 aliphatic heterocycles. The van der Waals surface area contributed by atoms with Crippen LogP contribution in [0.15, 0.2) is 72.8 Å². The first-order chi connectivity index (χ1) is 15.4. The van der Waals surface area contributed by atoms with Gasteiger partial charge in [-0.25, -0.2) is 0 Å². The Morgan fingerprint density at radius 3 is 0.903 bits per heavy atom. The van der Waals surface area contributed by atoms with E-state index in [1.54, 1.807) is 0 Å². The van der Waals surface area contributed by atoms with Crippen LogP contribution < -0.4 is 9.47 Å². The van der Waals surface area contributed by atoms with Crippen LogP contribution >= 0.6 is 0 Å². The Kier molecular flexibility index (Phi) is 7.94. The Bertz CT molecular complexity index is 828. The van der Waals surface area contributed by atoms with Gasteiger partial charge in [0.2, 0.25) is 0 Å². The van der Waals surface area contributed by atoms with Crippen molar-refractivity contribution in [3.8, 4) is 33.8 Å². The van der Waals surface area contributed by atoms with Gasteiger partial charge in [-0.1, -0.05) is 48.5 Å². The topological polar surface area (TPSA) is 46.2 Å². The molecule has 0 spiro atoms. The molecular formula is C26H28O5. The number of ether oxygens (including phenoxy) is 5. The van der Waals surface area contributed by atoms with Crippen LogP contribution in [0.3, 0.4) is 0 Å². The van der Waals surface area contributed by atoms with Gasteiger partial charge in [0.05, 0.1) is 39.6 Å². The molecule has 4 heterocycles. The number of benzene rings is 3. The molecule has 0 radical (unpaired) electrons. The zero-order chi connectivity index (χ0) is 21.1. The van der Waals surface area contributed by atoms with E-state index < -0.39 is 0 Å². The molecule has 0 saturated heterocycles. The molecule has 7 rings (SSSR count). The minimum atomic E-state index is 0.510. The van der Waals surface area contributed by atoms with Gasteiger partial charge in [-0.2, -0.15) is 0 Å². The monoisotopic (exact) mass is 420 g/mol. The summed E-state index contributed by atoms with van der Waals surface area (Å²) in [5.74, 6) is 1.68. The summed E-state index contributed by atoms with van der Waals surface area (Å²) in [5.41, 5.74) is 4.65. The SMILES string of the molecule is c1cc2ccc1OCCOCCOCCOCCOc1ccc(cc1)-c1ccc-2cc1.